The van der Waals surface area contributed by atoms with E-state index in [1.807, 2.05) is 42.5 Å². The third-order valence-electron chi connectivity index (χ3n) is 4.86. The van der Waals surface area contributed by atoms with Gasteiger partial charge in [0.2, 0.25) is 0 Å². The van der Waals surface area contributed by atoms with E-state index in [2.05, 4.69) is 31.8 Å². The van der Waals surface area contributed by atoms with Crippen LogP contribution >= 0.6 is 11.3 Å². The van der Waals surface area contributed by atoms with Crippen LogP contribution < -0.4 is 15.5 Å². The quantitative estimate of drug-likeness (QED) is 0.494. The molecule has 0 saturated carbocycles. The fourth-order valence-electron chi connectivity index (χ4n) is 3.26. The van der Waals surface area contributed by atoms with Gasteiger partial charge in [0.1, 0.15) is 0 Å². The highest BCUT2D eigenvalue weighted by molar-refractivity contribution is 7.22. The van der Waals surface area contributed by atoms with Crippen molar-refractivity contribution < 1.29 is 9.53 Å². The van der Waals surface area contributed by atoms with E-state index in [1.165, 1.54) is 0 Å². The van der Waals surface area contributed by atoms with Crippen molar-refractivity contribution in [2.45, 2.75) is 0 Å². The smallest absolute Gasteiger partial charge is 0.276 e. The standard InChI is InChI=1S/C22H20N6O2S/c29-21(24-15-4-2-1-3-5-15)18-8-9-20(27-26-18)23-16-6-7-17-19(14-16)31-22(25-17)28-10-12-30-13-11-28/h1-9,14H,10-13H2,(H,23,27)(H,24,29). The van der Waals surface area contributed by atoms with Gasteiger partial charge < -0.3 is 20.3 Å². The fraction of sp³-hybridized carbons (Fsp3) is 0.182. The maximum absolute atomic E-state index is 12.3. The molecule has 8 nitrogen and oxygen atoms in total. The zero-order valence-electron chi connectivity index (χ0n) is 16.6. The molecule has 0 spiro atoms. The lowest BCUT2D eigenvalue weighted by atomic mass is 10.3. The van der Waals surface area contributed by atoms with Crippen LogP contribution in [0, 0.1) is 0 Å². The van der Waals surface area contributed by atoms with E-state index < -0.39 is 0 Å². The van der Waals surface area contributed by atoms with Crippen molar-refractivity contribution in [2.75, 3.05) is 41.8 Å². The molecule has 2 aromatic heterocycles. The van der Waals surface area contributed by atoms with Crippen LogP contribution in [0.15, 0.2) is 60.7 Å². The maximum Gasteiger partial charge on any atom is 0.276 e. The summed E-state index contributed by atoms with van der Waals surface area (Å²) in [5.41, 5.74) is 2.82. The Bertz CT molecular complexity index is 1190. The van der Waals surface area contributed by atoms with Gasteiger partial charge in [-0.1, -0.05) is 29.5 Å². The first kappa shape index (κ1) is 19.4. The highest BCUT2D eigenvalue weighted by Gasteiger charge is 2.15. The summed E-state index contributed by atoms with van der Waals surface area (Å²) in [4.78, 5) is 19.3. The van der Waals surface area contributed by atoms with Crippen molar-refractivity contribution in [2.24, 2.45) is 0 Å². The maximum atomic E-state index is 12.3. The molecule has 0 unspecified atom stereocenters. The Morgan fingerprint density at radius 2 is 1.81 bits per heavy atom. The number of nitrogens with zero attached hydrogens (tertiary/aromatic N) is 4. The lowest BCUT2D eigenvalue weighted by molar-refractivity contribution is 0.102. The van der Waals surface area contributed by atoms with Crippen molar-refractivity contribution in [1.29, 1.82) is 0 Å². The van der Waals surface area contributed by atoms with Gasteiger partial charge in [-0.25, -0.2) is 4.98 Å². The Morgan fingerprint density at radius 3 is 2.58 bits per heavy atom. The second-order valence-electron chi connectivity index (χ2n) is 7.03. The van der Waals surface area contributed by atoms with Gasteiger partial charge in [0.25, 0.3) is 5.91 Å². The summed E-state index contributed by atoms with van der Waals surface area (Å²) in [5, 5.41) is 15.2. The summed E-state index contributed by atoms with van der Waals surface area (Å²) in [6, 6.07) is 18.6. The van der Waals surface area contributed by atoms with Gasteiger partial charge >= 0.3 is 0 Å². The van der Waals surface area contributed by atoms with Gasteiger partial charge in [-0.15, -0.1) is 10.2 Å². The molecule has 31 heavy (non-hydrogen) atoms. The molecule has 1 saturated heterocycles. The minimum Gasteiger partial charge on any atom is -0.378 e. The van der Waals surface area contributed by atoms with Gasteiger partial charge in [0.15, 0.2) is 16.6 Å². The van der Waals surface area contributed by atoms with E-state index >= 15 is 0 Å². The van der Waals surface area contributed by atoms with Gasteiger partial charge in [0, 0.05) is 24.5 Å². The summed E-state index contributed by atoms with van der Waals surface area (Å²) < 4.78 is 6.52. The predicted octanol–water partition coefficient (Wildman–Crippen LogP) is 3.92. The van der Waals surface area contributed by atoms with Crippen molar-refractivity contribution in [1.82, 2.24) is 15.2 Å². The number of morpholine rings is 1. The molecule has 1 fully saturated rings. The SMILES string of the molecule is O=C(Nc1ccccc1)c1ccc(Nc2ccc3nc(N4CCOCC4)sc3c2)nn1. The van der Waals surface area contributed by atoms with Crippen LogP contribution in [0.1, 0.15) is 10.5 Å². The number of anilines is 4. The first-order valence-electron chi connectivity index (χ1n) is 9.95. The molecule has 0 bridgehead atoms. The highest BCUT2D eigenvalue weighted by atomic mass is 32.1. The number of carbonyl (C=O) groups is 1. The normalized spacial score (nSPS) is 13.9. The zero-order chi connectivity index (χ0) is 21.0. The number of aromatic nitrogens is 3. The van der Waals surface area contributed by atoms with E-state index in [9.17, 15) is 4.79 Å². The molecule has 0 radical (unpaired) electrons. The topological polar surface area (TPSA) is 92.3 Å². The Labute approximate surface area is 182 Å². The first-order valence-corrected chi connectivity index (χ1v) is 10.8. The van der Waals surface area contributed by atoms with Crippen LogP contribution in [0.4, 0.5) is 22.3 Å². The van der Waals surface area contributed by atoms with Gasteiger partial charge in [-0.2, -0.15) is 0 Å². The number of rotatable bonds is 5. The molecule has 2 aromatic carbocycles. The molecular formula is C22H20N6O2S. The molecule has 3 heterocycles. The molecule has 156 valence electrons. The Kier molecular flexibility index (Phi) is 5.42. The highest BCUT2D eigenvalue weighted by Crippen LogP contribution is 2.31. The molecule has 2 N–H and O–H groups in total. The second kappa shape index (κ2) is 8.66. The fourth-order valence-corrected chi connectivity index (χ4v) is 4.32. The summed E-state index contributed by atoms with van der Waals surface area (Å²) in [7, 11) is 0. The van der Waals surface area contributed by atoms with Crippen LogP contribution in [0.2, 0.25) is 0 Å². The number of para-hydroxylation sites is 1. The van der Waals surface area contributed by atoms with Crippen LogP contribution in [0.25, 0.3) is 10.2 Å². The van der Waals surface area contributed by atoms with Gasteiger partial charge in [-0.05, 0) is 42.5 Å². The average Bonchev–Trinajstić information content (AvgIpc) is 3.24. The summed E-state index contributed by atoms with van der Waals surface area (Å²) in [6.07, 6.45) is 0. The lowest BCUT2D eigenvalue weighted by Gasteiger charge is -2.25. The summed E-state index contributed by atoms with van der Waals surface area (Å²) in [5.74, 6) is 0.264. The van der Waals surface area contributed by atoms with E-state index in [4.69, 9.17) is 9.72 Å². The number of ether oxygens (including phenoxy) is 1. The molecule has 4 aromatic rings. The number of fused-ring (bicyclic) bond motifs is 1. The van der Waals surface area contributed by atoms with Crippen molar-refractivity contribution in [3.63, 3.8) is 0 Å². The van der Waals surface area contributed by atoms with E-state index in [0.717, 1.165) is 47.3 Å². The summed E-state index contributed by atoms with van der Waals surface area (Å²) >= 11 is 1.67. The number of amides is 1. The number of benzene rings is 2. The van der Waals surface area contributed by atoms with Crippen LogP contribution in [0.5, 0.6) is 0 Å². The number of carbonyl (C=O) groups excluding carboxylic acids is 1. The number of hydrogen-bond acceptors (Lipinski definition) is 8. The molecule has 1 aliphatic heterocycles. The second-order valence-corrected chi connectivity index (χ2v) is 8.04. The first-order chi connectivity index (χ1) is 15.2. The Hall–Kier alpha value is -3.56. The predicted molar refractivity (Wildman–Crippen MR) is 122 cm³/mol. The van der Waals surface area contributed by atoms with E-state index in [1.54, 1.807) is 23.5 Å². The minimum atomic E-state index is -0.299. The zero-order valence-corrected chi connectivity index (χ0v) is 17.4. The van der Waals surface area contributed by atoms with Crippen LogP contribution in [-0.2, 0) is 4.74 Å². The van der Waals surface area contributed by atoms with Crippen LogP contribution in [-0.4, -0.2) is 47.4 Å². The van der Waals surface area contributed by atoms with E-state index in [0.29, 0.717) is 11.5 Å². The third kappa shape index (κ3) is 4.47. The summed E-state index contributed by atoms with van der Waals surface area (Å²) in [6.45, 7) is 3.21. The molecule has 9 heteroatoms. The molecule has 5 rings (SSSR count). The molecule has 0 atom stereocenters. The third-order valence-corrected chi connectivity index (χ3v) is 5.94. The Morgan fingerprint density at radius 1 is 0.968 bits per heavy atom. The number of thiazole rings is 1. The molecule has 1 amide bonds. The van der Waals surface area contributed by atoms with Crippen molar-refractivity contribution in [3.8, 4) is 0 Å². The van der Waals surface area contributed by atoms with Crippen molar-refractivity contribution >= 4 is 49.8 Å². The van der Waals surface area contributed by atoms with Crippen molar-refractivity contribution in [3.05, 3.63) is 66.4 Å². The number of hydrogen-bond donors (Lipinski definition) is 2. The minimum absolute atomic E-state index is 0.252. The van der Waals surface area contributed by atoms with E-state index in [-0.39, 0.29) is 11.6 Å². The largest absolute Gasteiger partial charge is 0.378 e. The molecular weight excluding hydrogens is 412 g/mol. The van der Waals surface area contributed by atoms with Gasteiger partial charge in [-0.3, -0.25) is 4.79 Å². The average molecular weight is 433 g/mol. The van der Waals surface area contributed by atoms with Crippen LogP contribution in [0.3, 0.4) is 0 Å². The monoisotopic (exact) mass is 432 g/mol. The number of nitrogens with one attached hydrogen (secondary N) is 2. The van der Waals surface area contributed by atoms with Gasteiger partial charge in [0.05, 0.1) is 23.4 Å². The molecule has 0 aliphatic carbocycles. The molecule has 1 aliphatic rings. The Balaban J connectivity index is 1.27. The lowest BCUT2D eigenvalue weighted by Crippen LogP contribution is -2.36.